The summed E-state index contributed by atoms with van der Waals surface area (Å²) >= 11 is 0. The van der Waals surface area contributed by atoms with Crippen molar-refractivity contribution >= 4 is 11.9 Å². The van der Waals surface area contributed by atoms with Gasteiger partial charge < -0.3 is 19.7 Å². The van der Waals surface area contributed by atoms with Gasteiger partial charge in [0.25, 0.3) is 0 Å². The summed E-state index contributed by atoms with van der Waals surface area (Å²) in [5, 5.41) is 3.04. The average Bonchev–Trinajstić information content (AvgIpc) is 3.12. The van der Waals surface area contributed by atoms with Gasteiger partial charge in [0.2, 0.25) is 17.7 Å². The van der Waals surface area contributed by atoms with Crippen LogP contribution in [0.25, 0.3) is 0 Å². The highest BCUT2D eigenvalue weighted by Crippen LogP contribution is 2.23. The van der Waals surface area contributed by atoms with Crippen molar-refractivity contribution in [2.24, 2.45) is 5.92 Å². The van der Waals surface area contributed by atoms with E-state index >= 15 is 0 Å². The third-order valence-electron chi connectivity index (χ3n) is 4.70. The van der Waals surface area contributed by atoms with Crippen LogP contribution in [0.2, 0.25) is 0 Å². The Kier molecular flexibility index (Phi) is 5.50. The lowest BCUT2D eigenvalue weighted by Gasteiger charge is -2.31. The van der Waals surface area contributed by atoms with Crippen molar-refractivity contribution < 1.29 is 14.3 Å². The van der Waals surface area contributed by atoms with Crippen LogP contribution in [0.4, 0.5) is 5.95 Å². The number of carbonyl (C=O) groups excluding carboxylic acids is 1. The summed E-state index contributed by atoms with van der Waals surface area (Å²) in [6.45, 7) is 4.95. The van der Waals surface area contributed by atoms with E-state index in [0.29, 0.717) is 18.4 Å². The van der Waals surface area contributed by atoms with Gasteiger partial charge in [0, 0.05) is 43.9 Å². The number of anilines is 1. The number of aromatic nitrogens is 2. The number of nitrogens with one attached hydrogen (secondary N) is 1. The Morgan fingerprint density at radius 3 is 2.83 bits per heavy atom. The molecule has 0 radical (unpaired) electrons. The number of carbonyl (C=O) groups is 1. The standard InChI is InChI=1S/C17H26N4O3/c1-12-10-15(23-2)20-17(19-12)21-7-5-13(6-8-21)16(22)18-11-14-4-3-9-24-14/h10,13-14H,3-9,11H2,1-2H3,(H,18,22)/t14-/m1/s1. The first-order valence-electron chi connectivity index (χ1n) is 8.69. The summed E-state index contributed by atoms with van der Waals surface area (Å²) in [6, 6.07) is 1.81. The molecule has 2 fully saturated rings. The van der Waals surface area contributed by atoms with Gasteiger partial charge in [-0.05, 0) is 32.6 Å². The van der Waals surface area contributed by atoms with Gasteiger partial charge >= 0.3 is 0 Å². The van der Waals surface area contributed by atoms with E-state index in [4.69, 9.17) is 9.47 Å². The quantitative estimate of drug-likeness (QED) is 0.875. The summed E-state index contributed by atoms with van der Waals surface area (Å²) in [5.41, 5.74) is 0.883. The molecule has 3 rings (SSSR count). The molecule has 2 aliphatic rings. The number of amides is 1. The van der Waals surface area contributed by atoms with Crippen molar-refractivity contribution in [1.82, 2.24) is 15.3 Å². The first kappa shape index (κ1) is 17.0. The molecule has 0 aromatic carbocycles. The minimum absolute atomic E-state index is 0.0642. The maximum absolute atomic E-state index is 12.3. The van der Waals surface area contributed by atoms with Crippen LogP contribution in [0.15, 0.2) is 6.07 Å². The summed E-state index contributed by atoms with van der Waals surface area (Å²) < 4.78 is 10.8. The van der Waals surface area contributed by atoms with Crippen molar-refractivity contribution in [2.45, 2.75) is 38.7 Å². The first-order chi connectivity index (χ1) is 11.7. The molecule has 24 heavy (non-hydrogen) atoms. The normalized spacial score (nSPS) is 21.8. The van der Waals surface area contributed by atoms with Crippen molar-refractivity contribution in [3.63, 3.8) is 0 Å². The summed E-state index contributed by atoms with van der Waals surface area (Å²) in [6.07, 6.45) is 3.97. The average molecular weight is 334 g/mol. The van der Waals surface area contributed by atoms with Crippen molar-refractivity contribution in [3.05, 3.63) is 11.8 Å². The smallest absolute Gasteiger partial charge is 0.228 e. The van der Waals surface area contributed by atoms with Gasteiger partial charge in [-0.1, -0.05) is 0 Å². The summed E-state index contributed by atoms with van der Waals surface area (Å²) in [4.78, 5) is 23.3. The molecule has 1 N–H and O–H groups in total. The van der Waals surface area contributed by atoms with E-state index < -0.39 is 0 Å². The molecule has 132 valence electrons. The maximum atomic E-state index is 12.3. The number of nitrogens with zero attached hydrogens (tertiary/aromatic N) is 3. The summed E-state index contributed by atoms with van der Waals surface area (Å²) in [7, 11) is 1.61. The Hall–Kier alpha value is -1.89. The van der Waals surface area contributed by atoms with E-state index in [1.807, 2.05) is 13.0 Å². The lowest BCUT2D eigenvalue weighted by atomic mass is 9.96. The van der Waals surface area contributed by atoms with Crippen LogP contribution in [0.3, 0.4) is 0 Å². The largest absolute Gasteiger partial charge is 0.481 e. The van der Waals surface area contributed by atoms with Gasteiger partial charge in [0.15, 0.2) is 0 Å². The van der Waals surface area contributed by atoms with Gasteiger partial charge in [-0.15, -0.1) is 0 Å². The topological polar surface area (TPSA) is 76.6 Å². The highest BCUT2D eigenvalue weighted by Gasteiger charge is 2.27. The first-order valence-corrected chi connectivity index (χ1v) is 8.69. The molecule has 3 heterocycles. The number of piperidine rings is 1. The number of ether oxygens (including phenoxy) is 2. The molecular weight excluding hydrogens is 308 g/mol. The van der Waals surface area contributed by atoms with E-state index in [1.54, 1.807) is 7.11 Å². The monoisotopic (exact) mass is 334 g/mol. The fourth-order valence-corrected chi connectivity index (χ4v) is 3.28. The third kappa shape index (κ3) is 4.14. The van der Waals surface area contributed by atoms with E-state index in [1.165, 1.54) is 0 Å². The van der Waals surface area contributed by atoms with E-state index in [9.17, 15) is 4.79 Å². The molecule has 0 spiro atoms. The predicted octanol–water partition coefficient (Wildman–Crippen LogP) is 1.31. The predicted molar refractivity (Wildman–Crippen MR) is 90.2 cm³/mol. The molecule has 0 unspecified atom stereocenters. The number of aryl methyl sites for hydroxylation is 1. The molecule has 1 amide bonds. The molecule has 0 saturated carbocycles. The maximum Gasteiger partial charge on any atom is 0.228 e. The molecule has 2 saturated heterocycles. The Balaban J connectivity index is 1.49. The van der Waals surface area contributed by atoms with Crippen LogP contribution in [0.5, 0.6) is 5.88 Å². The van der Waals surface area contributed by atoms with E-state index in [-0.39, 0.29) is 17.9 Å². The van der Waals surface area contributed by atoms with Crippen molar-refractivity contribution in [2.75, 3.05) is 38.3 Å². The van der Waals surface area contributed by atoms with Gasteiger partial charge in [-0.2, -0.15) is 4.98 Å². The van der Waals surface area contributed by atoms with Crippen LogP contribution in [0, 0.1) is 12.8 Å². The summed E-state index contributed by atoms with van der Waals surface area (Å²) in [5.74, 6) is 1.47. The van der Waals surface area contributed by atoms with Crippen molar-refractivity contribution in [1.29, 1.82) is 0 Å². The van der Waals surface area contributed by atoms with Gasteiger partial charge in [-0.3, -0.25) is 4.79 Å². The van der Waals surface area contributed by atoms with Crippen LogP contribution >= 0.6 is 0 Å². The fourth-order valence-electron chi connectivity index (χ4n) is 3.28. The molecule has 0 bridgehead atoms. The third-order valence-corrected chi connectivity index (χ3v) is 4.70. The minimum Gasteiger partial charge on any atom is -0.481 e. The minimum atomic E-state index is 0.0642. The molecule has 1 aromatic rings. The number of hydrogen-bond donors (Lipinski definition) is 1. The fraction of sp³-hybridized carbons (Fsp3) is 0.706. The molecular formula is C17H26N4O3. The molecule has 7 nitrogen and oxygen atoms in total. The Morgan fingerprint density at radius 1 is 1.38 bits per heavy atom. The molecule has 1 aromatic heterocycles. The number of hydrogen-bond acceptors (Lipinski definition) is 6. The highest BCUT2D eigenvalue weighted by molar-refractivity contribution is 5.79. The van der Waals surface area contributed by atoms with Crippen LogP contribution < -0.4 is 15.0 Å². The Bertz CT molecular complexity index is 567. The molecule has 7 heteroatoms. The second-order valence-electron chi connectivity index (χ2n) is 6.49. The van der Waals surface area contributed by atoms with E-state index in [2.05, 4.69) is 20.2 Å². The lowest BCUT2D eigenvalue weighted by molar-refractivity contribution is -0.126. The Morgan fingerprint density at radius 2 is 2.17 bits per heavy atom. The van der Waals surface area contributed by atoms with E-state index in [0.717, 1.165) is 51.1 Å². The van der Waals surface area contributed by atoms with Crippen LogP contribution in [-0.4, -0.2) is 55.3 Å². The van der Waals surface area contributed by atoms with Crippen molar-refractivity contribution in [3.8, 4) is 5.88 Å². The SMILES string of the molecule is COc1cc(C)nc(N2CCC(C(=O)NC[C@H]3CCCO3)CC2)n1. The van der Waals surface area contributed by atoms with Crippen LogP contribution in [0.1, 0.15) is 31.4 Å². The number of rotatable bonds is 5. The zero-order valence-electron chi connectivity index (χ0n) is 14.5. The Labute approximate surface area is 142 Å². The van der Waals surface area contributed by atoms with Gasteiger partial charge in [-0.25, -0.2) is 4.98 Å². The second kappa shape index (κ2) is 7.79. The zero-order valence-corrected chi connectivity index (χ0v) is 14.5. The molecule has 0 aliphatic carbocycles. The highest BCUT2D eigenvalue weighted by atomic mass is 16.5. The van der Waals surface area contributed by atoms with Gasteiger partial charge in [0.05, 0.1) is 13.2 Å². The second-order valence-corrected chi connectivity index (χ2v) is 6.49. The molecule has 1 atom stereocenters. The lowest BCUT2D eigenvalue weighted by Crippen LogP contribution is -2.42. The van der Waals surface area contributed by atoms with Crippen LogP contribution in [-0.2, 0) is 9.53 Å². The molecule has 2 aliphatic heterocycles. The number of methoxy groups -OCH3 is 1. The van der Waals surface area contributed by atoms with Gasteiger partial charge in [0.1, 0.15) is 0 Å². The zero-order chi connectivity index (χ0) is 16.9.